The topological polar surface area (TPSA) is 22.1 Å². The van der Waals surface area contributed by atoms with E-state index in [1.165, 1.54) is 23.5 Å². The van der Waals surface area contributed by atoms with Crippen molar-refractivity contribution in [3.8, 4) is 5.75 Å². The number of alkyl halides is 1. The minimum atomic E-state index is -0.697. The molecule has 0 fully saturated rings. The Kier molecular flexibility index (Phi) is 4.29. The summed E-state index contributed by atoms with van der Waals surface area (Å²) in [6.45, 7) is 1.92. The number of ether oxygens (including phenoxy) is 1. The van der Waals surface area contributed by atoms with Gasteiger partial charge in [0.1, 0.15) is 11.6 Å². The van der Waals surface area contributed by atoms with Gasteiger partial charge in [0.2, 0.25) is 0 Å². The fourth-order valence-corrected chi connectivity index (χ4v) is 2.44. The third kappa shape index (κ3) is 3.05. The maximum atomic E-state index is 13.6. The van der Waals surface area contributed by atoms with E-state index >= 15 is 0 Å². The third-order valence-corrected chi connectivity index (χ3v) is 3.81. The van der Waals surface area contributed by atoms with E-state index < -0.39 is 11.6 Å². The van der Waals surface area contributed by atoms with Crippen LogP contribution in [0.25, 0.3) is 0 Å². The first kappa shape index (κ1) is 13.4. The van der Waals surface area contributed by atoms with E-state index in [9.17, 15) is 8.78 Å². The van der Waals surface area contributed by atoms with Crippen LogP contribution in [0.15, 0.2) is 17.5 Å². The molecule has 1 aromatic heterocycles. The van der Waals surface area contributed by atoms with Crippen LogP contribution in [0.4, 0.5) is 8.78 Å². The molecule has 0 saturated heterocycles. The Bertz CT molecular complexity index is 536. The van der Waals surface area contributed by atoms with Crippen LogP contribution in [0.5, 0.6) is 5.75 Å². The lowest BCUT2D eigenvalue weighted by molar-refractivity contribution is 0.273. The Morgan fingerprint density at radius 2 is 2.00 bits per heavy atom. The fraction of sp³-hybridized carbons (Fsp3) is 0.250. The van der Waals surface area contributed by atoms with Crippen molar-refractivity contribution in [1.82, 2.24) is 4.98 Å². The molecular formula is C12H10BrF2NOS. The van der Waals surface area contributed by atoms with Gasteiger partial charge < -0.3 is 4.74 Å². The zero-order chi connectivity index (χ0) is 13.1. The molecule has 2 nitrogen and oxygen atoms in total. The summed E-state index contributed by atoms with van der Waals surface area (Å²) in [5.74, 6) is -1.75. The quantitative estimate of drug-likeness (QED) is 0.782. The third-order valence-electron chi connectivity index (χ3n) is 2.22. The maximum absolute atomic E-state index is 13.6. The predicted molar refractivity (Wildman–Crippen MR) is 70.2 cm³/mol. The summed E-state index contributed by atoms with van der Waals surface area (Å²) in [6, 6.07) is 2.50. The van der Waals surface area contributed by atoms with Crippen LogP contribution in [-0.2, 0) is 11.9 Å². The molecule has 0 unspecified atom stereocenters. The smallest absolute Gasteiger partial charge is 0.191 e. The van der Waals surface area contributed by atoms with Crippen molar-refractivity contribution in [2.75, 3.05) is 0 Å². The number of benzene rings is 1. The van der Waals surface area contributed by atoms with Gasteiger partial charge in [-0.3, -0.25) is 0 Å². The van der Waals surface area contributed by atoms with Crippen LogP contribution >= 0.6 is 27.3 Å². The summed E-state index contributed by atoms with van der Waals surface area (Å²) in [4.78, 5) is 4.16. The molecule has 6 heteroatoms. The first-order valence-electron chi connectivity index (χ1n) is 5.18. The summed E-state index contributed by atoms with van der Waals surface area (Å²) < 4.78 is 32.4. The van der Waals surface area contributed by atoms with Gasteiger partial charge in [-0.05, 0) is 24.6 Å². The van der Waals surface area contributed by atoms with E-state index in [-0.39, 0.29) is 12.4 Å². The average Bonchev–Trinajstić information content (AvgIpc) is 2.73. The van der Waals surface area contributed by atoms with E-state index in [4.69, 9.17) is 4.74 Å². The van der Waals surface area contributed by atoms with Crippen molar-refractivity contribution in [2.45, 2.75) is 18.9 Å². The van der Waals surface area contributed by atoms with Crippen LogP contribution in [0.1, 0.15) is 16.3 Å². The van der Waals surface area contributed by atoms with Gasteiger partial charge in [0.25, 0.3) is 0 Å². The van der Waals surface area contributed by atoms with Gasteiger partial charge in [-0.15, -0.1) is 11.3 Å². The van der Waals surface area contributed by atoms with Gasteiger partial charge in [-0.1, -0.05) is 15.9 Å². The first-order chi connectivity index (χ1) is 8.60. The van der Waals surface area contributed by atoms with Gasteiger partial charge in [-0.2, -0.15) is 0 Å². The van der Waals surface area contributed by atoms with E-state index in [2.05, 4.69) is 20.9 Å². The monoisotopic (exact) mass is 333 g/mol. The fourth-order valence-electron chi connectivity index (χ4n) is 1.43. The number of halogens is 3. The van der Waals surface area contributed by atoms with Crippen molar-refractivity contribution in [2.24, 2.45) is 0 Å². The molecule has 2 rings (SSSR count). The molecule has 1 aromatic carbocycles. The highest BCUT2D eigenvalue weighted by Crippen LogP contribution is 2.25. The molecule has 0 radical (unpaired) electrons. The van der Waals surface area contributed by atoms with Gasteiger partial charge in [0.05, 0.1) is 0 Å². The molecule has 0 aliphatic heterocycles. The summed E-state index contributed by atoms with van der Waals surface area (Å²) in [6.07, 6.45) is 0. The standard InChI is InChI=1S/C12H10BrF2NOS/c1-7-6-18-11(16-7)5-17-12-9(14)2-8(4-13)3-10(12)15/h2-3,6H,4-5H2,1H3. The largest absolute Gasteiger partial charge is 0.480 e. The zero-order valence-electron chi connectivity index (χ0n) is 9.54. The average molecular weight is 334 g/mol. The Balaban J connectivity index is 2.14. The molecule has 18 heavy (non-hydrogen) atoms. The maximum Gasteiger partial charge on any atom is 0.191 e. The Hall–Kier alpha value is -1.01. The molecule has 0 aliphatic carbocycles. The van der Waals surface area contributed by atoms with Gasteiger partial charge >= 0.3 is 0 Å². The SMILES string of the molecule is Cc1csc(COc2c(F)cc(CBr)cc2F)n1. The highest BCUT2D eigenvalue weighted by Gasteiger charge is 2.13. The molecule has 0 bridgehead atoms. The number of thiazole rings is 1. The second-order valence-corrected chi connectivity index (χ2v) is 5.20. The predicted octanol–water partition coefficient (Wildman–Crippen LogP) is 4.20. The second-order valence-electron chi connectivity index (χ2n) is 3.69. The molecule has 0 N–H and O–H groups in total. The number of nitrogens with zero attached hydrogens (tertiary/aromatic N) is 1. The lowest BCUT2D eigenvalue weighted by atomic mass is 10.2. The minimum absolute atomic E-state index is 0.0695. The van der Waals surface area contributed by atoms with Gasteiger partial charge in [0.15, 0.2) is 17.4 Å². The highest BCUT2D eigenvalue weighted by molar-refractivity contribution is 9.08. The lowest BCUT2D eigenvalue weighted by Crippen LogP contribution is -2.00. The molecule has 2 aromatic rings. The number of aryl methyl sites for hydroxylation is 1. The second kappa shape index (κ2) is 5.75. The van der Waals surface area contributed by atoms with Crippen LogP contribution in [-0.4, -0.2) is 4.98 Å². The normalized spacial score (nSPS) is 10.7. The molecular weight excluding hydrogens is 324 g/mol. The summed E-state index contributed by atoms with van der Waals surface area (Å²) in [7, 11) is 0. The molecule has 0 saturated carbocycles. The molecule has 0 amide bonds. The number of rotatable bonds is 4. The number of aromatic nitrogens is 1. The number of hydrogen-bond donors (Lipinski definition) is 0. The van der Waals surface area contributed by atoms with E-state index in [0.29, 0.717) is 15.9 Å². The van der Waals surface area contributed by atoms with Crippen LogP contribution < -0.4 is 4.74 Å². The van der Waals surface area contributed by atoms with Crippen molar-refractivity contribution in [3.63, 3.8) is 0 Å². The minimum Gasteiger partial charge on any atom is -0.480 e. The number of hydrogen-bond acceptors (Lipinski definition) is 3. The molecule has 1 heterocycles. The summed E-state index contributed by atoms with van der Waals surface area (Å²) in [5.41, 5.74) is 1.40. The van der Waals surface area contributed by atoms with Crippen molar-refractivity contribution < 1.29 is 13.5 Å². The Morgan fingerprint density at radius 3 is 2.50 bits per heavy atom. The van der Waals surface area contributed by atoms with Crippen molar-refractivity contribution >= 4 is 27.3 Å². The summed E-state index contributed by atoms with van der Waals surface area (Å²) in [5, 5.41) is 2.95. The molecule has 96 valence electrons. The summed E-state index contributed by atoms with van der Waals surface area (Å²) >= 11 is 4.55. The first-order valence-corrected chi connectivity index (χ1v) is 7.18. The van der Waals surface area contributed by atoms with Crippen LogP contribution in [0, 0.1) is 18.6 Å². The Labute approximate surface area is 116 Å². The van der Waals surface area contributed by atoms with Crippen LogP contribution in [0.2, 0.25) is 0 Å². The molecule has 0 aliphatic rings. The lowest BCUT2D eigenvalue weighted by Gasteiger charge is -2.08. The highest BCUT2D eigenvalue weighted by atomic mass is 79.9. The van der Waals surface area contributed by atoms with E-state index in [0.717, 1.165) is 5.69 Å². The zero-order valence-corrected chi connectivity index (χ0v) is 11.9. The van der Waals surface area contributed by atoms with Crippen LogP contribution in [0.3, 0.4) is 0 Å². The molecule has 0 atom stereocenters. The van der Waals surface area contributed by atoms with Crippen molar-refractivity contribution in [1.29, 1.82) is 0 Å². The van der Waals surface area contributed by atoms with E-state index in [1.807, 2.05) is 12.3 Å². The van der Waals surface area contributed by atoms with E-state index in [1.54, 1.807) is 0 Å². The molecule has 0 spiro atoms. The van der Waals surface area contributed by atoms with Gasteiger partial charge in [-0.25, -0.2) is 13.8 Å². The van der Waals surface area contributed by atoms with Crippen molar-refractivity contribution in [3.05, 3.63) is 45.4 Å². The Morgan fingerprint density at radius 1 is 1.33 bits per heavy atom. The van der Waals surface area contributed by atoms with Gasteiger partial charge in [0, 0.05) is 16.4 Å².